The van der Waals surface area contributed by atoms with Crippen LogP contribution < -0.4 is 0 Å². The van der Waals surface area contributed by atoms with Gasteiger partial charge in [0.05, 0.1) is 6.54 Å². The van der Waals surface area contributed by atoms with Crippen molar-refractivity contribution in [1.82, 2.24) is 14.4 Å². The van der Waals surface area contributed by atoms with E-state index in [1.165, 1.54) is 37.7 Å². The fourth-order valence-electron chi connectivity index (χ4n) is 5.88. The molecule has 0 aliphatic heterocycles. The summed E-state index contributed by atoms with van der Waals surface area (Å²) in [6.07, 6.45) is 13.5. The Morgan fingerprint density at radius 1 is 0.902 bits per heavy atom. The second-order valence-corrected chi connectivity index (χ2v) is 11.8. The molecule has 1 fully saturated rings. The highest BCUT2D eigenvalue weighted by atomic mass is 35.5. The van der Waals surface area contributed by atoms with Crippen LogP contribution in [-0.2, 0) is 24.3 Å². The molecule has 1 aromatic heterocycles. The number of unbranched alkanes of at least 4 members (excludes halogenated alkanes) is 3. The van der Waals surface area contributed by atoms with E-state index in [9.17, 15) is 9.59 Å². The van der Waals surface area contributed by atoms with E-state index in [1.807, 2.05) is 54.3 Å². The Morgan fingerprint density at radius 3 is 2.37 bits per heavy atom. The van der Waals surface area contributed by atoms with Crippen LogP contribution in [0.2, 0.25) is 5.02 Å². The van der Waals surface area contributed by atoms with Crippen molar-refractivity contribution >= 4 is 23.4 Å². The third-order valence-electron chi connectivity index (χ3n) is 8.41. The van der Waals surface area contributed by atoms with E-state index in [2.05, 4.69) is 35.9 Å². The number of aromatic nitrogens is 1. The Labute approximate surface area is 251 Å². The summed E-state index contributed by atoms with van der Waals surface area (Å²) in [6, 6.07) is 20.2. The lowest BCUT2D eigenvalue weighted by molar-refractivity contribution is -0.135. The lowest BCUT2D eigenvalue weighted by atomic mass is 9.94. The molecular formula is C35H46ClN3O2. The highest BCUT2D eigenvalue weighted by molar-refractivity contribution is 6.31. The lowest BCUT2D eigenvalue weighted by Gasteiger charge is -2.36. The summed E-state index contributed by atoms with van der Waals surface area (Å²) >= 11 is 6.45. The van der Waals surface area contributed by atoms with E-state index in [-0.39, 0.29) is 24.4 Å². The summed E-state index contributed by atoms with van der Waals surface area (Å²) in [6.45, 7) is 5.94. The van der Waals surface area contributed by atoms with Crippen molar-refractivity contribution in [1.29, 1.82) is 0 Å². The summed E-state index contributed by atoms with van der Waals surface area (Å²) in [4.78, 5) is 31.1. The first-order valence-corrected chi connectivity index (χ1v) is 15.9. The topological polar surface area (TPSA) is 45.6 Å². The first kappa shape index (κ1) is 30.9. The third-order valence-corrected chi connectivity index (χ3v) is 8.77. The molecule has 2 amide bonds. The molecule has 0 spiro atoms. The van der Waals surface area contributed by atoms with Crippen molar-refractivity contribution < 1.29 is 9.59 Å². The number of amides is 2. The van der Waals surface area contributed by atoms with Gasteiger partial charge in [0.1, 0.15) is 6.54 Å². The number of nitrogens with zero attached hydrogens (tertiary/aromatic N) is 3. The molecule has 0 radical (unpaired) electrons. The quantitative estimate of drug-likeness (QED) is 0.182. The van der Waals surface area contributed by atoms with Gasteiger partial charge in [0.25, 0.3) is 5.91 Å². The second-order valence-electron chi connectivity index (χ2n) is 11.4. The number of carbonyl (C=O) groups excluding carboxylic acids is 2. The summed E-state index contributed by atoms with van der Waals surface area (Å²) in [5.41, 5.74) is 4.04. The van der Waals surface area contributed by atoms with Crippen molar-refractivity contribution in [3.63, 3.8) is 0 Å². The van der Waals surface area contributed by atoms with Gasteiger partial charge in [0.2, 0.25) is 5.91 Å². The minimum atomic E-state index is -0.0796. The molecule has 1 saturated carbocycles. The molecule has 1 aliphatic rings. The predicted molar refractivity (Wildman–Crippen MR) is 168 cm³/mol. The Balaban J connectivity index is 1.45. The van der Waals surface area contributed by atoms with E-state index < -0.39 is 0 Å². The van der Waals surface area contributed by atoms with Gasteiger partial charge in [-0.05, 0) is 74.1 Å². The zero-order valence-corrected chi connectivity index (χ0v) is 25.6. The number of rotatable bonds is 14. The van der Waals surface area contributed by atoms with Gasteiger partial charge in [0.15, 0.2) is 0 Å². The van der Waals surface area contributed by atoms with Crippen LogP contribution in [0.25, 0.3) is 0 Å². The van der Waals surface area contributed by atoms with Gasteiger partial charge in [-0.3, -0.25) is 9.59 Å². The van der Waals surface area contributed by atoms with Gasteiger partial charge >= 0.3 is 0 Å². The van der Waals surface area contributed by atoms with E-state index in [0.717, 1.165) is 48.4 Å². The van der Waals surface area contributed by atoms with Gasteiger partial charge < -0.3 is 14.4 Å². The highest BCUT2D eigenvalue weighted by Gasteiger charge is 2.29. The fourth-order valence-corrected chi connectivity index (χ4v) is 6.07. The number of hydrogen-bond acceptors (Lipinski definition) is 2. The van der Waals surface area contributed by atoms with Crippen molar-refractivity contribution in [3.8, 4) is 0 Å². The van der Waals surface area contributed by atoms with Gasteiger partial charge in [-0.2, -0.15) is 0 Å². The van der Waals surface area contributed by atoms with Crippen molar-refractivity contribution in [2.45, 2.75) is 97.2 Å². The number of hydrogen-bond donors (Lipinski definition) is 0. The molecule has 5 nitrogen and oxygen atoms in total. The molecule has 220 valence electrons. The van der Waals surface area contributed by atoms with E-state index in [0.29, 0.717) is 25.2 Å². The molecule has 0 bridgehead atoms. The Bertz CT molecular complexity index is 1250. The van der Waals surface area contributed by atoms with Crippen molar-refractivity contribution in [3.05, 3.63) is 94.3 Å². The van der Waals surface area contributed by atoms with Crippen molar-refractivity contribution in [2.75, 3.05) is 13.1 Å². The monoisotopic (exact) mass is 575 g/mol. The van der Waals surface area contributed by atoms with Crippen LogP contribution in [0.3, 0.4) is 0 Å². The first-order chi connectivity index (χ1) is 20.0. The fraction of sp³-hybridized carbons (Fsp3) is 0.486. The van der Waals surface area contributed by atoms with Crippen LogP contribution in [0.1, 0.15) is 98.8 Å². The van der Waals surface area contributed by atoms with Crippen LogP contribution in [-0.4, -0.2) is 45.3 Å². The van der Waals surface area contributed by atoms with E-state index in [4.69, 9.17) is 11.6 Å². The van der Waals surface area contributed by atoms with E-state index >= 15 is 0 Å². The van der Waals surface area contributed by atoms with Crippen LogP contribution in [0.15, 0.2) is 66.9 Å². The highest BCUT2D eigenvalue weighted by Crippen LogP contribution is 2.26. The molecule has 0 saturated heterocycles. The Hall–Kier alpha value is -3.05. The molecule has 0 unspecified atom stereocenters. The molecule has 6 heteroatoms. The average molecular weight is 576 g/mol. The predicted octanol–water partition coefficient (Wildman–Crippen LogP) is 8.14. The molecule has 4 rings (SSSR count). The number of benzene rings is 2. The molecule has 2 aromatic carbocycles. The molecule has 1 heterocycles. The summed E-state index contributed by atoms with van der Waals surface area (Å²) in [5.74, 6) is -0.0609. The zero-order chi connectivity index (χ0) is 29.0. The SMILES string of the molecule is CCCCCCc1ccc(C(=O)N(CC)CC(=O)N(Cc2cccn2Cc2ccccc2Cl)C2CCCCC2)cc1. The third kappa shape index (κ3) is 8.72. The van der Waals surface area contributed by atoms with Gasteiger partial charge in [-0.25, -0.2) is 0 Å². The molecule has 1 aliphatic carbocycles. The Morgan fingerprint density at radius 2 is 1.66 bits per heavy atom. The van der Waals surface area contributed by atoms with Crippen LogP contribution in [0.4, 0.5) is 0 Å². The smallest absolute Gasteiger partial charge is 0.254 e. The zero-order valence-electron chi connectivity index (χ0n) is 24.9. The number of carbonyl (C=O) groups is 2. The van der Waals surface area contributed by atoms with Gasteiger partial charge in [-0.15, -0.1) is 0 Å². The minimum Gasteiger partial charge on any atom is -0.345 e. The summed E-state index contributed by atoms with van der Waals surface area (Å²) in [7, 11) is 0. The number of aryl methyl sites for hydroxylation is 1. The average Bonchev–Trinajstić information content (AvgIpc) is 3.44. The first-order valence-electron chi connectivity index (χ1n) is 15.5. The van der Waals surface area contributed by atoms with Crippen LogP contribution >= 0.6 is 11.6 Å². The second kappa shape index (κ2) is 15.8. The molecule has 41 heavy (non-hydrogen) atoms. The standard InChI is InChI=1S/C35H46ClN3O2/c1-3-5-6-8-14-28-20-22-29(23-21-28)35(41)37(4-2)27-34(40)39(31-16-9-7-10-17-31)26-32-18-13-24-38(32)25-30-15-11-12-19-33(30)36/h11-13,15,18-24,31H,3-10,14,16-17,25-27H2,1-2H3. The maximum atomic E-state index is 13.9. The van der Waals surface area contributed by atoms with Gasteiger partial charge in [0, 0.05) is 41.6 Å². The molecule has 0 N–H and O–H groups in total. The molecule has 3 aromatic rings. The van der Waals surface area contributed by atoms with Crippen LogP contribution in [0, 0.1) is 0 Å². The van der Waals surface area contributed by atoms with Crippen LogP contribution in [0.5, 0.6) is 0 Å². The molecular weight excluding hydrogens is 530 g/mol. The normalized spacial score (nSPS) is 13.7. The summed E-state index contributed by atoms with van der Waals surface area (Å²) < 4.78 is 2.18. The van der Waals surface area contributed by atoms with Crippen molar-refractivity contribution in [2.24, 2.45) is 0 Å². The largest absolute Gasteiger partial charge is 0.345 e. The maximum absolute atomic E-state index is 13.9. The number of halogens is 1. The Kier molecular flexibility index (Phi) is 11.9. The summed E-state index contributed by atoms with van der Waals surface area (Å²) in [5, 5.41) is 0.744. The molecule has 0 atom stereocenters. The maximum Gasteiger partial charge on any atom is 0.254 e. The van der Waals surface area contributed by atoms with Gasteiger partial charge in [-0.1, -0.05) is 87.4 Å². The van der Waals surface area contributed by atoms with E-state index in [1.54, 1.807) is 4.90 Å². The minimum absolute atomic E-state index is 0.0186. The number of likely N-dealkylation sites (N-methyl/N-ethyl adjacent to an activating group) is 1. The lowest BCUT2D eigenvalue weighted by Crippen LogP contribution is -2.47.